The van der Waals surface area contributed by atoms with Gasteiger partial charge in [-0.3, -0.25) is 10.2 Å². The first-order valence-electron chi connectivity index (χ1n) is 7.91. The van der Waals surface area contributed by atoms with Crippen LogP contribution in [0.1, 0.15) is 46.5 Å². The minimum Gasteiger partial charge on any atom is -0.380 e. The summed E-state index contributed by atoms with van der Waals surface area (Å²) in [7, 11) is 3.97. The number of likely N-dealkylation sites (N-methyl/N-ethyl adjacent to an activating group) is 1. The van der Waals surface area contributed by atoms with Gasteiger partial charge in [-0.05, 0) is 32.9 Å². The van der Waals surface area contributed by atoms with Crippen molar-refractivity contribution in [1.82, 2.24) is 15.3 Å². The Kier molecular flexibility index (Phi) is 11.7. The molecule has 0 aromatic heterocycles. The molecule has 0 spiro atoms. The summed E-state index contributed by atoms with van der Waals surface area (Å²) < 4.78 is 5.30. The van der Waals surface area contributed by atoms with E-state index in [1.54, 1.807) is 0 Å². The summed E-state index contributed by atoms with van der Waals surface area (Å²) in [5, 5.41) is 1.91. The number of amides is 1. The second kappa shape index (κ2) is 12.1. The van der Waals surface area contributed by atoms with Crippen molar-refractivity contribution in [3.8, 4) is 0 Å². The largest absolute Gasteiger partial charge is 0.380 e. The summed E-state index contributed by atoms with van der Waals surface area (Å²) in [6.45, 7) is 10.1. The van der Waals surface area contributed by atoms with Crippen LogP contribution in [0.2, 0.25) is 0 Å². The molecule has 20 heavy (non-hydrogen) atoms. The third-order valence-corrected chi connectivity index (χ3v) is 3.44. The van der Waals surface area contributed by atoms with Crippen molar-refractivity contribution in [3.05, 3.63) is 0 Å². The van der Waals surface area contributed by atoms with Crippen molar-refractivity contribution in [2.45, 2.75) is 52.6 Å². The molecule has 0 radical (unpaired) electrons. The fraction of sp³-hybridized carbons (Fsp3) is 0.933. The number of carbonyl (C=O) groups excluding carboxylic acids is 1. The van der Waals surface area contributed by atoms with Gasteiger partial charge in [0.1, 0.15) is 0 Å². The van der Waals surface area contributed by atoms with Gasteiger partial charge in [-0.1, -0.05) is 20.8 Å². The number of likely N-dealkylation sites (tertiary alicyclic amines) is 1. The lowest BCUT2D eigenvalue weighted by atomic mass is 10.2. The number of nitrogens with one attached hydrogen (secondary N) is 1. The Morgan fingerprint density at radius 3 is 2.45 bits per heavy atom. The van der Waals surface area contributed by atoms with Crippen LogP contribution < -0.4 is 5.43 Å². The summed E-state index contributed by atoms with van der Waals surface area (Å²) in [5.41, 5.74) is 2.70. The van der Waals surface area contributed by atoms with Crippen LogP contribution in [-0.4, -0.2) is 62.3 Å². The average molecular weight is 287 g/mol. The zero-order valence-electron chi connectivity index (χ0n) is 13.9. The Bertz CT molecular complexity index is 249. The number of hydrazine groups is 1. The first-order chi connectivity index (χ1) is 9.65. The van der Waals surface area contributed by atoms with Gasteiger partial charge in [0, 0.05) is 33.2 Å². The van der Waals surface area contributed by atoms with Crippen LogP contribution in [0.3, 0.4) is 0 Å². The van der Waals surface area contributed by atoms with Gasteiger partial charge < -0.3 is 9.64 Å². The number of rotatable bonds is 2. The van der Waals surface area contributed by atoms with E-state index in [0.717, 1.165) is 19.6 Å². The predicted octanol–water partition coefficient (Wildman–Crippen LogP) is 1.89. The lowest BCUT2D eigenvalue weighted by Gasteiger charge is -2.17. The van der Waals surface area contributed by atoms with Crippen LogP contribution in [0.25, 0.3) is 0 Å². The molecule has 0 aliphatic carbocycles. The van der Waals surface area contributed by atoms with E-state index in [4.69, 9.17) is 4.74 Å². The topological polar surface area (TPSA) is 44.8 Å². The SMILES string of the molecule is CC.CCN1CCC(=O)N1.CO[C@H]1CCCCN(C)C1. The molecule has 1 atom stereocenters. The van der Waals surface area contributed by atoms with Gasteiger partial charge in [0.2, 0.25) is 5.91 Å². The molecule has 5 nitrogen and oxygen atoms in total. The van der Waals surface area contributed by atoms with E-state index < -0.39 is 0 Å². The zero-order chi connectivity index (χ0) is 15.4. The molecule has 0 unspecified atom stereocenters. The van der Waals surface area contributed by atoms with Gasteiger partial charge in [0.05, 0.1) is 6.10 Å². The van der Waals surface area contributed by atoms with E-state index in [1.165, 1.54) is 25.8 Å². The van der Waals surface area contributed by atoms with Crippen LogP contribution in [-0.2, 0) is 9.53 Å². The molecule has 2 heterocycles. The fourth-order valence-corrected chi connectivity index (χ4v) is 2.24. The molecule has 5 heteroatoms. The Balaban J connectivity index is 0.000000327. The number of methoxy groups -OCH3 is 1. The average Bonchev–Trinajstić information content (AvgIpc) is 2.78. The second-order valence-corrected chi connectivity index (χ2v) is 4.98. The molecule has 0 aromatic carbocycles. The van der Waals surface area contributed by atoms with Crippen LogP contribution in [0, 0.1) is 0 Å². The van der Waals surface area contributed by atoms with Crippen molar-refractivity contribution < 1.29 is 9.53 Å². The number of carbonyl (C=O) groups is 1. The fourth-order valence-electron chi connectivity index (χ4n) is 2.24. The van der Waals surface area contributed by atoms with E-state index in [-0.39, 0.29) is 5.91 Å². The summed E-state index contributed by atoms with van der Waals surface area (Å²) in [6, 6.07) is 0. The Morgan fingerprint density at radius 1 is 1.30 bits per heavy atom. The summed E-state index contributed by atoms with van der Waals surface area (Å²) >= 11 is 0. The number of hydrogen-bond donors (Lipinski definition) is 1. The smallest absolute Gasteiger partial charge is 0.235 e. The van der Waals surface area contributed by atoms with Gasteiger partial charge >= 0.3 is 0 Å². The van der Waals surface area contributed by atoms with Crippen LogP contribution in [0.5, 0.6) is 0 Å². The molecule has 120 valence electrons. The summed E-state index contributed by atoms with van der Waals surface area (Å²) in [5.74, 6) is 0.145. The molecule has 0 aromatic rings. The van der Waals surface area contributed by atoms with Gasteiger partial charge in [-0.2, -0.15) is 0 Å². The monoisotopic (exact) mass is 287 g/mol. The van der Waals surface area contributed by atoms with Crippen molar-refractivity contribution in [2.75, 3.05) is 40.3 Å². The Hall–Kier alpha value is -0.650. The summed E-state index contributed by atoms with van der Waals surface area (Å²) in [6.07, 6.45) is 5.03. The van der Waals surface area contributed by atoms with Gasteiger partial charge in [-0.25, -0.2) is 5.01 Å². The molecule has 1 N–H and O–H groups in total. The molecule has 2 rings (SSSR count). The molecule has 2 fully saturated rings. The molecular weight excluding hydrogens is 254 g/mol. The van der Waals surface area contributed by atoms with Crippen molar-refractivity contribution in [3.63, 3.8) is 0 Å². The van der Waals surface area contributed by atoms with Crippen molar-refractivity contribution >= 4 is 5.91 Å². The molecule has 2 aliphatic heterocycles. The highest BCUT2D eigenvalue weighted by Crippen LogP contribution is 2.10. The molecule has 1 amide bonds. The zero-order valence-corrected chi connectivity index (χ0v) is 13.9. The number of nitrogens with zero attached hydrogens (tertiary/aromatic N) is 2. The maximum atomic E-state index is 10.5. The van der Waals surface area contributed by atoms with E-state index in [2.05, 4.69) is 17.4 Å². The third-order valence-electron chi connectivity index (χ3n) is 3.44. The van der Waals surface area contributed by atoms with Gasteiger partial charge in [0.15, 0.2) is 0 Å². The number of ether oxygens (including phenoxy) is 1. The molecule has 2 aliphatic rings. The lowest BCUT2D eigenvalue weighted by Crippen LogP contribution is -2.32. The molecule has 2 saturated heterocycles. The van der Waals surface area contributed by atoms with E-state index in [0.29, 0.717) is 12.5 Å². The van der Waals surface area contributed by atoms with E-state index >= 15 is 0 Å². The Morgan fingerprint density at radius 2 is 2.00 bits per heavy atom. The summed E-state index contributed by atoms with van der Waals surface area (Å²) in [4.78, 5) is 12.8. The minimum absolute atomic E-state index is 0.145. The molecule has 0 bridgehead atoms. The highest BCUT2D eigenvalue weighted by Gasteiger charge is 2.15. The lowest BCUT2D eigenvalue weighted by molar-refractivity contribution is -0.120. The standard InChI is InChI=1S/C8H17NO.C5H10N2O.C2H6/c1-9-6-4-3-5-8(7-9)10-2;1-2-7-4-3-5(8)6-7;1-2/h8H,3-7H2,1-2H3;2-4H2,1H3,(H,6,8);1-2H3/t8-;;/m0../s1. The maximum Gasteiger partial charge on any atom is 0.235 e. The minimum atomic E-state index is 0.145. The Labute approximate surface area is 124 Å². The van der Waals surface area contributed by atoms with Crippen molar-refractivity contribution in [2.24, 2.45) is 0 Å². The first kappa shape index (κ1) is 19.4. The highest BCUT2D eigenvalue weighted by molar-refractivity contribution is 5.77. The van der Waals surface area contributed by atoms with E-state index in [9.17, 15) is 4.79 Å². The quantitative estimate of drug-likeness (QED) is 0.842. The normalized spacial score (nSPS) is 23.9. The van der Waals surface area contributed by atoms with Crippen LogP contribution >= 0.6 is 0 Å². The van der Waals surface area contributed by atoms with Crippen LogP contribution in [0.15, 0.2) is 0 Å². The van der Waals surface area contributed by atoms with Crippen molar-refractivity contribution in [1.29, 1.82) is 0 Å². The van der Waals surface area contributed by atoms with E-state index in [1.807, 2.05) is 32.9 Å². The number of hydrogen-bond acceptors (Lipinski definition) is 4. The predicted molar refractivity (Wildman–Crippen MR) is 83.5 cm³/mol. The van der Waals surface area contributed by atoms with Gasteiger partial charge in [0.25, 0.3) is 0 Å². The highest BCUT2D eigenvalue weighted by atomic mass is 16.5. The second-order valence-electron chi connectivity index (χ2n) is 4.98. The maximum absolute atomic E-state index is 10.5. The van der Waals surface area contributed by atoms with Gasteiger partial charge in [-0.15, -0.1) is 0 Å². The molecular formula is C15H33N3O2. The third kappa shape index (κ3) is 8.51. The molecule has 0 saturated carbocycles. The first-order valence-corrected chi connectivity index (χ1v) is 7.91. The van der Waals surface area contributed by atoms with Crippen LogP contribution in [0.4, 0.5) is 0 Å².